The number of aromatic amines is 1. The number of aryl methyl sites for hydroxylation is 1. The van der Waals surface area contributed by atoms with Crippen molar-refractivity contribution in [3.63, 3.8) is 0 Å². The molecule has 1 heterocycles. The number of carbonyl (C=O) groups is 1. The molecule has 1 aromatic carbocycles. The zero-order valence-corrected chi connectivity index (χ0v) is 12.3. The molecule has 0 unspecified atom stereocenters. The molecule has 19 heavy (non-hydrogen) atoms. The molecule has 5 heteroatoms. The lowest BCUT2D eigenvalue weighted by Gasteiger charge is -2.02. The normalized spacial score (nSPS) is 10.4. The predicted octanol–water partition coefficient (Wildman–Crippen LogP) is 3.31. The molecule has 2 N–H and O–H groups in total. The van der Waals surface area contributed by atoms with Crippen LogP contribution in [0.5, 0.6) is 0 Å². The van der Waals surface area contributed by atoms with Crippen molar-refractivity contribution in [2.75, 3.05) is 5.32 Å². The molecule has 2 aromatic rings. The average molecular weight is 322 g/mol. The highest BCUT2D eigenvalue weighted by Gasteiger charge is 2.06. The zero-order valence-electron chi connectivity index (χ0n) is 10.7. The van der Waals surface area contributed by atoms with Crippen molar-refractivity contribution in [1.29, 1.82) is 0 Å². The summed E-state index contributed by atoms with van der Waals surface area (Å²) in [5.74, 6) is 0.530. The Kier molecular flexibility index (Phi) is 4.74. The molecule has 1 aromatic heterocycles. The second-order valence-corrected chi connectivity index (χ2v) is 5.30. The van der Waals surface area contributed by atoms with E-state index in [2.05, 4.69) is 38.4 Å². The number of carbonyl (C=O) groups excluding carboxylic acids is 1. The average Bonchev–Trinajstić information content (AvgIpc) is 2.80. The number of benzene rings is 1. The Balaban J connectivity index is 1.91. The van der Waals surface area contributed by atoms with Crippen LogP contribution in [0.25, 0.3) is 0 Å². The standard InChI is InChI=1S/C14H16BrN3O/c1-2-3-12-9-13(18-17-12)16-14(19)8-10-4-6-11(15)7-5-10/h4-7,9H,2-3,8H2,1H3,(H2,16,17,18,19). The van der Waals surface area contributed by atoms with Crippen molar-refractivity contribution in [3.05, 3.63) is 46.1 Å². The smallest absolute Gasteiger partial charge is 0.229 e. The quantitative estimate of drug-likeness (QED) is 0.887. The van der Waals surface area contributed by atoms with Gasteiger partial charge in [0.2, 0.25) is 5.91 Å². The minimum Gasteiger partial charge on any atom is -0.309 e. The third-order valence-corrected chi connectivity index (χ3v) is 3.22. The fourth-order valence-corrected chi connectivity index (χ4v) is 2.06. The lowest BCUT2D eigenvalue weighted by Crippen LogP contribution is -2.14. The maximum Gasteiger partial charge on any atom is 0.229 e. The molecule has 4 nitrogen and oxygen atoms in total. The number of nitrogens with one attached hydrogen (secondary N) is 2. The molecular weight excluding hydrogens is 306 g/mol. The van der Waals surface area contributed by atoms with Crippen LogP contribution >= 0.6 is 15.9 Å². The predicted molar refractivity (Wildman–Crippen MR) is 79.1 cm³/mol. The first kappa shape index (κ1) is 13.8. The van der Waals surface area contributed by atoms with Crippen molar-refractivity contribution in [2.24, 2.45) is 0 Å². The van der Waals surface area contributed by atoms with Crippen LogP contribution in [-0.4, -0.2) is 16.1 Å². The number of anilines is 1. The highest BCUT2D eigenvalue weighted by atomic mass is 79.9. The maximum atomic E-state index is 11.9. The summed E-state index contributed by atoms with van der Waals surface area (Å²) >= 11 is 3.37. The van der Waals surface area contributed by atoms with Gasteiger partial charge in [0.15, 0.2) is 5.82 Å². The molecule has 0 aliphatic carbocycles. The molecule has 0 aliphatic heterocycles. The minimum absolute atomic E-state index is 0.0585. The van der Waals surface area contributed by atoms with Crippen molar-refractivity contribution in [3.8, 4) is 0 Å². The van der Waals surface area contributed by atoms with Crippen molar-refractivity contribution >= 4 is 27.7 Å². The molecule has 0 radical (unpaired) electrons. The first-order valence-corrected chi connectivity index (χ1v) is 7.05. The Morgan fingerprint density at radius 3 is 2.79 bits per heavy atom. The number of hydrogen-bond acceptors (Lipinski definition) is 2. The van der Waals surface area contributed by atoms with Crippen LogP contribution in [0.15, 0.2) is 34.8 Å². The van der Waals surface area contributed by atoms with Gasteiger partial charge in [0.25, 0.3) is 0 Å². The van der Waals surface area contributed by atoms with Gasteiger partial charge >= 0.3 is 0 Å². The van der Waals surface area contributed by atoms with Gasteiger partial charge in [0.05, 0.1) is 6.42 Å². The van der Waals surface area contributed by atoms with Crippen molar-refractivity contribution in [2.45, 2.75) is 26.2 Å². The molecule has 0 saturated carbocycles. The number of rotatable bonds is 5. The molecule has 0 spiro atoms. The van der Waals surface area contributed by atoms with E-state index in [-0.39, 0.29) is 5.91 Å². The molecule has 0 saturated heterocycles. The zero-order chi connectivity index (χ0) is 13.7. The number of hydrogen-bond donors (Lipinski definition) is 2. The highest BCUT2D eigenvalue weighted by Crippen LogP contribution is 2.12. The molecular formula is C14H16BrN3O. The van der Waals surface area contributed by atoms with E-state index in [1.807, 2.05) is 30.3 Å². The molecule has 0 atom stereocenters. The largest absolute Gasteiger partial charge is 0.309 e. The molecule has 100 valence electrons. The summed E-state index contributed by atoms with van der Waals surface area (Å²) in [5.41, 5.74) is 2.02. The number of nitrogens with zero attached hydrogens (tertiary/aromatic N) is 1. The van der Waals surface area contributed by atoms with E-state index in [0.717, 1.165) is 28.6 Å². The van der Waals surface area contributed by atoms with Gasteiger partial charge in [-0.3, -0.25) is 9.89 Å². The van der Waals surface area contributed by atoms with Gasteiger partial charge < -0.3 is 5.32 Å². The number of H-pyrrole nitrogens is 1. The number of aromatic nitrogens is 2. The monoisotopic (exact) mass is 321 g/mol. The Morgan fingerprint density at radius 1 is 1.37 bits per heavy atom. The third kappa shape index (κ3) is 4.21. The fraction of sp³-hybridized carbons (Fsp3) is 0.286. The molecule has 0 fully saturated rings. The molecule has 0 aliphatic rings. The Labute approximate surface area is 120 Å². The maximum absolute atomic E-state index is 11.9. The van der Waals surface area contributed by atoms with Crippen molar-refractivity contribution < 1.29 is 4.79 Å². The van der Waals surface area contributed by atoms with Gasteiger partial charge in [0.1, 0.15) is 0 Å². The fourth-order valence-electron chi connectivity index (χ4n) is 1.80. The lowest BCUT2D eigenvalue weighted by molar-refractivity contribution is -0.115. The van der Waals surface area contributed by atoms with E-state index in [4.69, 9.17) is 0 Å². The van der Waals surface area contributed by atoms with Crippen LogP contribution in [0, 0.1) is 0 Å². The van der Waals surface area contributed by atoms with Crippen LogP contribution < -0.4 is 5.32 Å². The van der Waals surface area contributed by atoms with Gasteiger partial charge in [-0.15, -0.1) is 0 Å². The van der Waals surface area contributed by atoms with E-state index in [1.165, 1.54) is 0 Å². The van der Waals surface area contributed by atoms with Gasteiger partial charge in [0, 0.05) is 16.2 Å². The van der Waals surface area contributed by atoms with Crippen LogP contribution in [0.3, 0.4) is 0 Å². The Hall–Kier alpha value is -1.62. The van der Waals surface area contributed by atoms with Crippen LogP contribution in [0.1, 0.15) is 24.6 Å². The third-order valence-electron chi connectivity index (χ3n) is 2.70. The van der Waals surface area contributed by atoms with Gasteiger partial charge in [-0.2, -0.15) is 5.10 Å². The second kappa shape index (κ2) is 6.52. The summed E-state index contributed by atoms with van der Waals surface area (Å²) in [4.78, 5) is 11.9. The SMILES string of the molecule is CCCc1cc(NC(=O)Cc2ccc(Br)cc2)n[nH]1. The van der Waals surface area contributed by atoms with Gasteiger partial charge in [-0.25, -0.2) is 0 Å². The summed E-state index contributed by atoms with van der Waals surface area (Å²) in [7, 11) is 0. The first-order chi connectivity index (χ1) is 9.17. The Bertz CT molecular complexity index is 548. The summed E-state index contributed by atoms with van der Waals surface area (Å²) in [5, 5.41) is 9.77. The van der Waals surface area contributed by atoms with E-state index >= 15 is 0 Å². The Morgan fingerprint density at radius 2 is 2.11 bits per heavy atom. The molecule has 2 rings (SSSR count). The van der Waals surface area contributed by atoms with Crippen LogP contribution in [-0.2, 0) is 17.6 Å². The van der Waals surface area contributed by atoms with Crippen LogP contribution in [0.2, 0.25) is 0 Å². The summed E-state index contributed by atoms with van der Waals surface area (Å²) < 4.78 is 1.01. The first-order valence-electron chi connectivity index (χ1n) is 6.26. The summed E-state index contributed by atoms with van der Waals surface area (Å²) in [6.07, 6.45) is 2.34. The summed E-state index contributed by atoms with van der Waals surface area (Å²) in [6.45, 7) is 2.10. The van der Waals surface area contributed by atoms with E-state index in [0.29, 0.717) is 12.2 Å². The molecule has 0 bridgehead atoms. The molecule has 1 amide bonds. The van der Waals surface area contributed by atoms with E-state index < -0.39 is 0 Å². The second-order valence-electron chi connectivity index (χ2n) is 4.38. The van der Waals surface area contributed by atoms with Crippen molar-refractivity contribution in [1.82, 2.24) is 10.2 Å². The minimum atomic E-state index is -0.0585. The number of amides is 1. The highest BCUT2D eigenvalue weighted by molar-refractivity contribution is 9.10. The number of halogens is 1. The summed E-state index contributed by atoms with van der Waals surface area (Å²) in [6, 6.07) is 9.59. The van der Waals surface area contributed by atoms with Crippen LogP contribution in [0.4, 0.5) is 5.82 Å². The van der Waals surface area contributed by atoms with E-state index in [1.54, 1.807) is 0 Å². The van der Waals surface area contributed by atoms with E-state index in [9.17, 15) is 4.79 Å². The van der Waals surface area contributed by atoms with Gasteiger partial charge in [-0.05, 0) is 24.1 Å². The lowest BCUT2D eigenvalue weighted by atomic mass is 10.1. The van der Waals surface area contributed by atoms with Gasteiger partial charge in [-0.1, -0.05) is 41.4 Å². The topological polar surface area (TPSA) is 57.8 Å².